The van der Waals surface area contributed by atoms with E-state index in [9.17, 15) is 18.3 Å². The first-order valence-corrected chi connectivity index (χ1v) is 10.4. The Kier molecular flexibility index (Phi) is 5.37. The summed E-state index contributed by atoms with van der Waals surface area (Å²) >= 11 is 0. The molecule has 1 atom stereocenters. The lowest BCUT2D eigenvalue weighted by atomic mass is 9.96. The highest BCUT2D eigenvalue weighted by Crippen LogP contribution is 2.36. The zero-order valence-corrected chi connectivity index (χ0v) is 16.3. The van der Waals surface area contributed by atoms with Crippen LogP contribution in [-0.4, -0.2) is 26.0 Å². The average molecular weight is 388 g/mol. The molecule has 0 fully saturated rings. The van der Waals surface area contributed by atoms with E-state index in [0.717, 1.165) is 17.5 Å². The summed E-state index contributed by atoms with van der Waals surface area (Å²) in [6, 6.07) is 12.2. The molecule has 2 aromatic carbocycles. The number of aliphatic hydroxyl groups is 1. The second-order valence-electron chi connectivity index (χ2n) is 6.90. The van der Waals surface area contributed by atoms with Crippen molar-refractivity contribution in [1.29, 1.82) is 0 Å². The van der Waals surface area contributed by atoms with Crippen LogP contribution in [-0.2, 0) is 26.8 Å². The molecule has 27 heavy (non-hydrogen) atoms. The molecule has 3 rings (SSSR count). The van der Waals surface area contributed by atoms with Gasteiger partial charge < -0.3 is 10.4 Å². The Labute approximate surface area is 159 Å². The summed E-state index contributed by atoms with van der Waals surface area (Å²) in [5, 5.41) is 13.6. The van der Waals surface area contributed by atoms with Gasteiger partial charge in [-0.3, -0.25) is 4.79 Å². The van der Waals surface area contributed by atoms with Gasteiger partial charge in [0.15, 0.2) is 0 Å². The van der Waals surface area contributed by atoms with Crippen LogP contribution in [0.5, 0.6) is 0 Å². The molecule has 1 amide bonds. The monoisotopic (exact) mass is 388 g/mol. The standard InChI is InChI=1S/C20H24N2O4S/c1-3-19(23)22-16-8-9-18(14(2)12-16)27(25,26)21-13-20(24)11-10-15-6-4-5-7-17(15)20/h4-9,12,21,24H,3,10-11,13H2,1-2H3,(H,22,23)/t20-/m1/s1. The van der Waals surface area contributed by atoms with Crippen LogP contribution in [0.4, 0.5) is 5.69 Å². The lowest BCUT2D eigenvalue weighted by Crippen LogP contribution is -2.39. The summed E-state index contributed by atoms with van der Waals surface area (Å²) in [4.78, 5) is 11.6. The quantitative estimate of drug-likeness (QED) is 0.708. The molecular weight excluding hydrogens is 364 g/mol. The van der Waals surface area contributed by atoms with Crippen molar-refractivity contribution in [3.63, 3.8) is 0 Å². The van der Waals surface area contributed by atoms with Crippen LogP contribution in [0.25, 0.3) is 0 Å². The Morgan fingerprint density at radius 2 is 1.96 bits per heavy atom. The molecule has 144 valence electrons. The zero-order valence-electron chi connectivity index (χ0n) is 15.5. The fourth-order valence-corrected chi connectivity index (χ4v) is 4.74. The normalized spacial score (nSPS) is 18.9. The molecule has 0 radical (unpaired) electrons. The summed E-state index contributed by atoms with van der Waals surface area (Å²) in [7, 11) is -3.79. The third kappa shape index (κ3) is 4.05. The van der Waals surface area contributed by atoms with Crippen molar-refractivity contribution in [2.75, 3.05) is 11.9 Å². The number of sulfonamides is 1. The summed E-state index contributed by atoms with van der Waals surface area (Å²) < 4.78 is 28.0. The van der Waals surface area contributed by atoms with Crippen molar-refractivity contribution in [2.45, 2.75) is 43.6 Å². The van der Waals surface area contributed by atoms with Crippen LogP contribution in [0, 0.1) is 6.92 Å². The fourth-order valence-electron chi connectivity index (χ4n) is 3.42. The number of carbonyl (C=O) groups excluding carboxylic acids is 1. The number of hydrogen-bond donors (Lipinski definition) is 3. The molecule has 0 bridgehead atoms. The Balaban J connectivity index is 1.77. The maximum Gasteiger partial charge on any atom is 0.240 e. The SMILES string of the molecule is CCC(=O)Nc1ccc(S(=O)(=O)NC[C@]2(O)CCc3ccccc32)c(C)c1. The van der Waals surface area contributed by atoms with Crippen LogP contribution in [0.15, 0.2) is 47.4 Å². The van der Waals surface area contributed by atoms with Crippen LogP contribution >= 0.6 is 0 Å². The van der Waals surface area contributed by atoms with Crippen LogP contribution in [0.1, 0.15) is 36.5 Å². The van der Waals surface area contributed by atoms with Gasteiger partial charge in [0, 0.05) is 18.7 Å². The van der Waals surface area contributed by atoms with E-state index in [1.807, 2.05) is 24.3 Å². The molecule has 0 aromatic heterocycles. The molecule has 6 nitrogen and oxygen atoms in total. The minimum atomic E-state index is -3.79. The topological polar surface area (TPSA) is 95.5 Å². The zero-order chi connectivity index (χ0) is 19.7. The number of anilines is 1. The molecule has 3 N–H and O–H groups in total. The predicted octanol–water partition coefficient (Wildman–Crippen LogP) is 2.46. The second-order valence-corrected chi connectivity index (χ2v) is 8.63. The van der Waals surface area contributed by atoms with Gasteiger partial charge in [-0.05, 0) is 54.7 Å². The van der Waals surface area contributed by atoms with Gasteiger partial charge in [0.2, 0.25) is 15.9 Å². The van der Waals surface area contributed by atoms with E-state index in [4.69, 9.17) is 0 Å². The molecular formula is C20H24N2O4S. The average Bonchev–Trinajstić information content (AvgIpc) is 2.98. The third-order valence-corrected chi connectivity index (χ3v) is 6.51. The van der Waals surface area contributed by atoms with Gasteiger partial charge in [-0.15, -0.1) is 0 Å². The highest BCUT2D eigenvalue weighted by Gasteiger charge is 2.37. The van der Waals surface area contributed by atoms with Gasteiger partial charge in [-0.25, -0.2) is 13.1 Å². The van der Waals surface area contributed by atoms with Crippen LogP contribution < -0.4 is 10.0 Å². The second kappa shape index (κ2) is 7.42. The molecule has 1 aliphatic rings. The van der Waals surface area contributed by atoms with Crippen LogP contribution in [0.2, 0.25) is 0 Å². The van der Waals surface area contributed by atoms with Gasteiger partial charge in [0.25, 0.3) is 0 Å². The molecule has 0 spiro atoms. The number of aryl methyl sites for hydroxylation is 2. The van der Waals surface area contributed by atoms with Gasteiger partial charge in [0.05, 0.1) is 4.90 Å². The highest BCUT2D eigenvalue weighted by molar-refractivity contribution is 7.89. The minimum absolute atomic E-state index is 0.0832. The maximum absolute atomic E-state index is 12.7. The first kappa shape index (κ1) is 19.5. The molecule has 0 saturated heterocycles. The number of hydrogen-bond acceptors (Lipinski definition) is 4. The van der Waals surface area contributed by atoms with E-state index in [0.29, 0.717) is 24.1 Å². The summed E-state index contributed by atoms with van der Waals surface area (Å²) in [5.74, 6) is -0.134. The van der Waals surface area contributed by atoms with Crippen molar-refractivity contribution < 1.29 is 18.3 Å². The fraction of sp³-hybridized carbons (Fsp3) is 0.350. The number of benzene rings is 2. The number of nitrogens with one attached hydrogen (secondary N) is 2. The minimum Gasteiger partial charge on any atom is -0.384 e. The van der Waals surface area contributed by atoms with E-state index in [-0.39, 0.29) is 17.3 Å². The van der Waals surface area contributed by atoms with E-state index in [1.165, 1.54) is 6.07 Å². The third-order valence-electron chi connectivity index (χ3n) is 4.95. The Morgan fingerprint density at radius 1 is 1.22 bits per heavy atom. The summed E-state index contributed by atoms with van der Waals surface area (Å²) in [6.07, 6.45) is 1.55. The smallest absolute Gasteiger partial charge is 0.240 e. The van der Waals surface area contributed by atoms with E-state index in [1.54, 1.807) is 26.0 Å². The number of rotatable bonds is 6. The van der Waals surface area contributed by atoms with Crippen molar-refractivity contribution >= 4 is 21.6 Å². The van der Waals surface area contributed by atoms with Gasteiger partial charge in [-0.1, -0.05) is 31.2 Å². The molecule has 7 heteroatoms. The maximum atomic E-state index is 12.7. The largest absolute Gasteiger partial charge is 0.384 e. The first-order chi connectivity index (χ1) is 12.7. The molecule has 2 aromatic rings. The molecule has 1 aliphatic carbocycles. The predicted molar refractivity (Wildman–Crippen MR) is 104 cm³/mol. The molecule has 0 unspecified atom stereocenters. The van der Waals surface area contributed by atoms with E-state index in [2.05, 4.69) is 10.0 Å². The van der Waals surface area contributed by atoms with Crippen molar-refractivity contribution in [3.05, 3.63) is 59.2 Å². The first-order valence-electron chi connectivity index (χ1n) is 8.96. The number of carbonyl (C=O) groups is 1. The Hall–Kier alpha value is -2.22. The lowest BCUT2D eigenvalue weighted by molar-refractivity contribution is -0.115. The highest BCUT2D eigenvalue weighted by atomic mass is 32.2. The number of fused-ring (bicyclic) bond motifs is 1. The summed E-state index contributed by atoms with van der Waals surface area (Å²) in [5.41, 5.74) is 1.71. The lowest BCUT2D eigenvalue weighted by Gasteiger charge is -2.24. The van der Waals surface area contributed by atoms with Crippen molar-refractivity contribution in [3.8, 4) is 0 Å². The summed E-state index contributed by atoms with van der Waals surface area (Å²) in [6.45, 7) is 3.34. The van der Waals surface area contributed by atoms with E-state index < -0.39 is 15.6 Å². The van der Waals surface area contributed by atoms with Gasteiger partial charge in [-0.2, -0.15) is 0 Å². The van der Waals surface area contributed by atoms with Crippen LogP contribution in [0.3, 0.4) is 0 Å². The van der Waals surface area contributed by atoms with Crippen molar-refractivity contribution in [2.24, 2.45) is 0 Å². The van der Waals surface area contributed by atoms with Gasteiger partial charge in [0.1, 0.15) is 5.60 Å². The Bertz CT molecular complexity index is 972. The van der Waals surface area contributed by atoms with Gasteiger partial charge >= 0.3 is 0 Å². The Morgan fingerprint density at radius 3 is 2.67 bits per heavy atom. The molecule has 0 saturated carbocycles. The number of amides is 1. The van der Waals surface area contributed by atoms with Crippen molar-refractivity contribution in [1.82, 2.24) is 4.72 Å². The molecule has 0 aliphatic heterocycles. The molecule has 0 heterocycles. The van der Waals surface area contributed by atoms with E-state index >= 15 is 0 Å².